The summed E-state index contributed by atoms with van der Waals surface area (Å²) in [6.07, 6.45) is -0.402. The zero-order valence-electron chi connectivity index (χ0n) is 8.78. The number of aliphatic hydroxyl groups is 1. The van der Waals surface area contributed by atoms with Gasteiger partial charge in [-0.05, 0) is 31.5 Å². The summed E-state index contributed by atoms with van der Waals surface area (Å²) in [6.45, 7) is 3.88. The van der Waals surface area contributed by atoms with Crippen molar-refractivity contribution in [3.63, 3.8) is 0 Å². The summed E-state index contributed by atoms with van der Waals surface area (Å²) in [5.74, 6) is 0. The zero-order valence-corrected chi connectivity index (χ0v) is 8.78. The Hall–Kier alpha value is -1.28. The molecule has 2 nitrogen and oxygen atoms in total. The molecule has 2 aromatic rings. The second-order valence-electron chi connectivity index (χ2n) is 3.80. The fourth-order valence-electron chi connectivity index (χ4n) is 1.88. The Labute approximate surface area is 83.8 Å². The van der Waals surface area contributed by atoms with E-state index in [1.54, 1.807) is 6.92 Å². The first kappa shape index (κ1) is 9.28. The summed E-state index contributed by atoms with van der Waals surface area (Å²) in [7, 11) is 2.05. The van der Waals surface area contributed by atoms with Crippen molar-refractivity contribution in [2.24, 2.45) is 7.05 Å². The first-order valence-corrected chi connectivity index (χ1v) is 4.84. The van der Waals surface area contributed by atoms with E-state index in [1.165, 1.54) is 11.2 Å². The van der Waals surface area contributed by atoms with Gasteiger partial charge >= 0.3 is 0 Å². The zero-order chi connectivity index (χ0) is 10.3. The van der Waals surface area contributed by atoms with Crippen molar-refractivity contribution >= 4 is 10.9 Å². The monoisotopic (exact) mass is 189 g/mol. The van der Waals surface area contributed by atoms with Gasteiger partial charge in [-0.25, -0.2) is 0 Å². The van der Waals surface area contributed by atoms with Crippen LogP contribution in [-0.4, -0.2) is 9.67 Å². The van der Waals surface area contributed by atoms with E-state index in [-0.39, 0.29) is 0 Å². The van der Waals surface area contributed by atoms with Gasteiger partial charge in [0.05, 0.1) is 6.10 Å². The molecule has 1 N–H and O–H groups in total. The van der Waals surface area contributed by atoms with Crippen LogP contribution in [0, 0.1) is 6.92 Å². The molecule has 1 heterocycles. The summed E-state index contributed by atoms with van der Waals surface area (Å²) in [5, 5.41) is 10.8. The van der Waals surface area contributed by atoms with E-state index in [2.05, 4.69) is 23.6 Å². The van der Waals surface area contributed by atoms with Crippen molar-refractivity contribution in [1.29, 1.82) is 0 Å². The van der Waals surface area contributed by atoms with Crippen LogP contribution in [0.1, 0.15) is 24.3 Å². The molecule has 0 fully saturated rings. The molecule has 0 saturated heterocycles. The van der Waals surface area contributed by atoms with Crippen LogP contribution in [0.15, 0.2) is 24.3 Å². The van der Waals surface area contributed by atoms with Crippen LogP contribution in [0.2, 0.25) is 0 Å². The third kappa shape index (κ3) is 1.23. The number of hydrogen-bond acceptors (Lipinski definition) is 1. The molecule has 0 amide bonds. The lowest BCUT2D eigenvalue weighted by Gasteiger charge is -2.06. The van der Waals surface area contributed by atoms with E-state index in [0.717, 1.165) is 10.9 Å². The summed E-state index contributed by atoms with van der Waals surface area (Å²) in [5.41, 5.74) is 3.40. The highest BCUT2D eigenvalue weighted by Gasteiger charge is 2.09. The summed E-state index contributed by atoms with van der Waals surface area (Å²) in [4.78, 5) is 0. The molecule has 0 aliphatic carbocycles. The van der Waals surface area contributed by atoms with Gasteiger partial charge in [0.1, 0.15) is 0 Å². The van der Waals surface area contributed by atoms with Crippen LogP contribution in [0.3, 0.4) is 0 Å². The quantitative estimate of drug-likeness (QED) is 0.732. The molecule has 14 heavy (non-hydrogen) atoms. The smallest absolute Gasteiger partial charge is 0.0768 e. The highest BCUT2D eigenvalue weighted by molar-refractivity contribution is 5.85. The van der Waals surface area contributed by atoms with E-state index < -0.39 is 6.10 Å². The average molecular weight is 189 g/mol. The van der Waals surface area contributed by atoms with Crippen LogP contribution in [-0.2, 0) is 7.05 Å². The number of fused-ring (bicyclic) bond motifs is 1. The molecule has 0 saturated carbocycles. The van der Waals surface area contributed by atoms with Crippen molar-refractivity contribution in [2.75, 3.05) is 0 Å². The van der Waals surface area contributed by atoms with E-state index in [1.807, 2.05) is 19.2 Å². The number of hydrogen-bond donors (Lipinski definition) is 1. The van der Waals surface area contributed by atoms with Crippen molar-refractivity contribution in [3.8, 4) is 0 Å². The molecule has 1 aromatic heterocycles. The number of aryl methyl sites for hydroxylation is 2. The number of benzene rings is 1. The predicted octanol–water partition coefficient (Wildman–Crippen LogP) is 2.54. The predicted molar refractivity (Wildman–Crippen MR) is 58.3 cm³/mol. The van der Waals surface area contributed by atoms with Gasteiger partial charge in [0.2, 0.25) is 0 Å². The normalized spacial score (nSPS) is 13.4. The molecule has 1 aromatic carbocycles. The van der Waals surface area contributed by atoms with Crippen molar-refractivity contribution < 1.29 is 5.11 Å². The van der Waals surface area contributed by atoms with E-state index in [4.69, 9.17) is 0 Å². The Morgan fingerprint density at radius 3 is 2.71 bits per heavy atom. The van der Waals surface area contributed by atoms with Gasteiger partial charge in [-0.1, -0.05) is 12.1 Å². The molecule has 0 bridgehead atoms. The van der Waals surface area contributed by atoms with Crippen molar-refractivity contribution in [3.05, 3.63) is 35.5 Å². The summed E-state index contributed by atoms with van der Waals surface area (Å²) < 4.78 is 2.14. The lowest BCUT2D eigenvalue weighted by atomic mass is 10.1. The molecule has 1 atom stereocenters. The Morgan fingerprint density at radius 2 is 2.07 bits per heavy atom. The molecule has 0 aliphatic rings. The molecule has 0 radical (unpaired) electrons. The third-order valence-electron chi connectivity index (χ3n) is 2.81. The Morgan fingerprint density at radius 1 is 1.36 bits per heavy atom. The van der Waals surface area contributed by atoms with Crippen LogP contribution in [0.4, 0.5) is 0 Å². The fourth-order valence-corrected chi connectivity index (χ4v) is 1.88. The summed E-state index contributed by atoms with van der Waals surface area (Å²) >= 11 is 0. The standard InChI is InChI=1S/C12H15NO/c1-8-7-11-10(9(2)14)5-4-6-12(11)13(8)3/h4-7,9,14H,1-3H3. The SMILES string of the molecule is Cc1cc2c(C(C)O)cccc2n1C. The van der Waals surface area contributed by atoms with Crippen LogP contribution in [0.25, 0.3) is 10.9 Å². The van der Waals surface area contributed by atoms with Gasteiger partial charge in [-0.2, -0.15) is 0 Å². The highest BCUT2D eigenvalue weighted by atomic mass is 16.3. The van der Waals surface area contributed by atoms with E-state index >= 15 is 0 Å². The van der Waals surface area contributed by atoms with Gasteiger partial charge in [0.25, 0.3) is 0 Å². The Kier molecular flexibility index (Phi) is 2.08. The lowest BCUT2D eigenvalue weighted by molar-refractivity contribution is 0.201. The maximum atomic E-state index is 9.61. The minimum atomic E-state index is -0.402. The van der Waals surface area contributed by atoms with Gasteiger partial charge in [-0.15, -0.1) is 0 Å². The van der Waals surface area contributed by atoms with Gasteiger partial charge < -0.3 is 9.67 Å². The molecule has 2 heteroatoms. The molecule has 2 rings (SSSR count). The highest BCUT2D eigenvalue weighted by Crippen LogP contribution is 2.26. The maximum Gasteiger partial charge on any atom is 0.0768 e. The van der Waals surface area contributed by atoms with Gasteiger partial charge in [0, 0.05) is 23.6 Å². The van der Waals surface area contributed by atoms with E-state index in [9.17, 15) is 5.11 Å². The number of nitrogens with zero attached hydrogens (tertiary/aromatic N) is 1. The van der Waals surface area contributed by atoms with Crippen LogP contribution in [0.5, 0.6) is 0 Å². The minimum Gasteiger partial charge on any atom is -0.389 e. The number of rotatable bonds is 1. The molecule has 0 spiro atoms. The van der Waals surface area contributed by atoms with Crippen LogP contribution >= 0.6 is 0 Å². The largest absolute Gasteiger partial charge is 0.389 e. The molecule has 1 unspecified atom stereocenters. The minimum absolute atomic E-state index is 0.402. The van der Waals surface area contributed by atoms with Crippen LogP contribution < -0.4 is 0 Å². The second-order valence-corrected chi connectivity index (χ2v) is 3.80. The topological polar surface area (TPSA) is 25.2 Å². The average Bonchev–Trinajstić information content (AvgIpc) is 2.43. The first-order valence-electron chi connectivity index (χ1n) is 4.84. The fraction of sp³-hybridized carbons (Fsp3) is 0.333. The molecule has 0 aliphatic heterocycles. The molecule has 74 valence electrons. The van der Waals surface area contributed by atoms with Crippen molar-refractivity contribution in [1.82, 2.24) is 4.57 Å². The lowest BCUT2D eigenvalue weighted by Crippen LogP contribution is -1.92. The summed E-state index contributed by atoms with van der Waals surface area (Å²) in [6, 6.07) is 8.17. The van der Waals surface area contributed by atoms with E-state index in [0.29, 0.717) is 0 Å². The Bertz CT molecular complexity index is 468. The molecular formula is C12H15NO. The number of aromatic nitrogens is 1. The van der Waals surface area contributed by atoms with Gasteiger partial charge in [-0.3, -0.25) is 0 Å². The molecular weight excluding hydrogens is 174 g/mol. The third-order valence-corrected chi connectivity index (χ3v) is 2.81. The second kappa shape index (κ2) is 3.14. The number of aliphatic hydroxyl groups excluding tert-OH is 1. The van der Waals surface area contributed by atoms with Crippen molar-refractivity contribution in [2.45, 2.75) is 20.0 Å². The van der Waals surface area contributed by atoms with Gasteiger partial charge in [0.15, 0.2) is 0 Å². The maximum absolute atomic E-state index is 9.61. The first-order chi connectivity index (χ1) is 6.61. The Balaban J connectivity index is 2.81.